The molecule has 0 bridgehead atoms. The Labute approximate surface area is 898 Å². The van der Waals surface area contributed by atoms with Crippen molar-refractivity contribution in [1.82, 2.24) is 8.75 Å². The van der Waals surface area contributed by atoms with Crippen LogP contribution in [0.1, 0.15) is 375 Å². The molecule has 17 aromatic rings. The fraction of sp³-hybridized carbons (Fsp3) is 0.370. The summed E-state index contributed by atoms with van der Waals surface area (Å²) < 4.78 is 9.53. The van der Waals surface area contributed by atoms with Gasteiger partial charge >= 0.3 is 0 Å². The Morgan fingerprint density at radius 2 is 0.409 bits per heavy atom. The number of benzene rings is 16. The van der Waals surface area contributed by atoms with Crippen LogP contribution in [0.15, 0.2) is 303 Å². The first-order valence-corrected chi connectivity index (χ1v) is 59.4. The van der Waals surface area contributed by atoms with Crippen LogP contribution in [0.4, 0.5) is 0 Å². The van der Waals surface area contributed by atoms with E-state index in [0.717, 1.165) is 22.2 Å². The van der Waals surface area contributed by atoms with Gasteiger partial charge in [0, 0.05) is 27.4 Å². The molecule has 149 heavy (non-hydrogen) atoms. The Morgan fingerprint density at radius 3 is 0.772 bits per heavy atom. The molecule has 0 atom stereocenters. The Kier molecular flexibility index (Phi) is 32.9. The zero-order chi connectivity index (χ0) is 103. The van der Waals surface area contributed by atoms with Crippen LogP contribution in [-0.2, 0) is 21.7 Å². The summed E-state index contributed by atoms with van der Waals surface area (Å²) in [4.78, 5) is 0. The Morgan fingerprint density at radius 1 is 0.181 bits per heavy atom. The first kappa shape index (κ1) is 104. The largest absolute Gasteiger partial charge is 0.172 e. The van der Waals surface area contributed by atoms with E-state index in [1.54, 1.807) is 33.4 Å². The predicted molar refractivity (Wildman–Crippen MR) is 645 cm³/mol. The number of aryl methyl sites for hydroxylation is 6. The summed E-state index contributed by atoms with van der Waals surface area (Å²) in [6.07, 6.45) is 50.2. The molecule has 22 rings (SSSR count). The summed E-state index contributed by atoms with van der Waals surface area (Å²) in [6, 6.07) is 118. The van der Waals surface area contributed by atoms with E-state index in [4.69, 9.17) is 8.75 Å². The van der Waals surface area contributed by atoms with Gasteiger partial charge in [-0.3, -0.25) is 0 Å². The minimum Gasteiger partial charge on any atom is -0.172 e. The van der Waals surface area contributed by atoms with E-state index in [1.165, 1.54) is 433 Å². The molecule has 5 aliphatic carbocycles. The van der Waals surface area contributed by atoms with Gasteiger partial charge in [0.15, 0.2) is 0 Å². The van der Waals surface area contributed by atoms with Gasteiger partial charge in [-0.15, -0.1) is 0 Å². The second kappa shape index (κ2) is 47.2. The van der Waals surface area contributed by atoms with Crippen molar-refractivity contribution in [2.75, 3.05) is 0 Å². The van der Waals surface area contributed by atoms with E-state index in [-0.39, 0.29) is 21.7 Å². The quantitative estimate of drug-likeness (QED) is 0.0281. The smallest absolute Gasteiger partial charge is 0.113 e. The molecule has 2 nitrogen and oxygen atoms in total. The summed E-state index contributed by atoms with van der Waals surface area (Å²) in [5.41, 5.74) is 52.2. The van der Waals surface area contributed by atoms with E-state index in [9.17, 15) is 0 Å². The van der Waals surface area contributed by atoms with Gasteiger partial charge in [0.1, 0.15) is 11.0 Å². The van der Waals surface area contributed by atoms with Crippen LogP contribution in [0, 0.1) is 41.5 Å². The summed E-state index contributed by atoms with van der Waals surface area (Å²) in [6.45, 7) is 27.5. The minimum absolute atomic E-state index is 0.0726. The van der Waals surface area contributed by atoms with Crippen LogP contribution in [0.5, 0.6) is 0 Å². The molecule has 0 saturated heterocycles. The number of hydrogen-bond donors (Lipinski definition) is 0. The lowest BCUT2D eigenvalue weighted by atomic mass is 9.69. The van der Waals surface area contributed by atoms with Gasteiger partial charge in [0.25, 0.3) is 0 Å². The Bertz CT molecular complexity index is 7420. The van der Waals surface area contributed by atoms with Crippen LogP contribution in [-0.4, -0.2) is 8.75 Å². The van der Waals surface area contributed by atoms with Crippen molar-refractivity contribution in [3.8, 4) is 111 Å². The average molecular weight is 1980 g/mol. The molecule has 1 aromatic heterocycles. The summed E-state index contributed by atoms with van der Waals surface area (Å²) in [5, 5.41) is 5.49. The molecule has 0 aliphatic heterocycles. The van der Waals surface area contributed by atoms with Gasteiger partial charge in [-0.05, 0) is 287 Å². The molecule has 5 aliphatic rings. The normalized spacial score (nSPS) is 13.8. The van der Waals surface area contributed by atoms with E-state index in [0.29, 0.717) is 0 Å². The van der Waals surface area contributed by atoms with E-state index in [1.807, 2.05) is 0 Å². The van der Waals surface area contributed by atoms with Crippen LogP contribution in [0.3, 0.4) is 0 Å². The van der Waals surface area contributed by atoms with Crippen molar-refractivity contribution < 1.29 is 0 Å². The molecular formula is C146H162N2S. The fourth-order valence-corrected chi connectivity index (χ4v) is 28.4. The highest BCUT2D eigenvalue weighted by Gasteiger charge is 2.53. The molecule has 1 spiro atoms. The molecule has 0 N–H and O–H groups in total. The number of fused-ring (bicyclic) bond motifs is 22. The van der Waals surface area contributed by atoms with Crippen LogP contribution < -0.4 is 0 Å². The lowest BCUT2D eigenvalue weighted by Gasteiger charge is -2.33. The molecule has 0 amide bonds. The van der Waals surface area contributed by atoms with E-state index < -0.39 is 0 Å². The highest BCUT2D eigenvalue weighted by atomic mass is 32.1. The second-order valence-electron chi connectivity index (χ2n) is 45.7. The third-order valence-electron chi connectivity index (χ3n) is 35.7. The highest BCUT2D eigenvalue weighted by Crippen LogP contribution is 2.65. The lowest BCUT2D eigenvalue weighted by Crippen LogP contribution is -2.26. The second-order valence-corrected chi connectivity index (χ2v) is 46.2. The topological polar surface area (TPSA) is 25.8 Å². The number of rotatable bonds is 43. The molecule has 0 saturated carbocycles. The zero-order valence-electron chi connectivity index (χ0n) is 92.0. The van der Waals surface area contributed by atoms with Crippen molar-refractivity contribution >= 4 is 44.3 Å². The van der Waals surface area contributed by atoms with Crippen molar-refractivity contribution in [3.63, 3.8) is 0 Å². The van der Waals surface area contributed by atoms with Crippen LogP contribution >= 0.6 is 11.7 Å². The summed E-state index contributed by atoms with van der Waals surface area (Å²) in [7, 11) is 0. The maximum Gasteiger partial charge on any atom is 0.113 e. The van der Waals surface area contributed by atoms with Crippen molar-refractivity contribution in [3.05, 3.63) is 392 Å². The van der Waals surface area contributed by atoms with Gasteiger partial charge < -0.3 is 0 Å². The van der Waals surface area contributed by atoms with Crippen molar-refractivity contribution in [2.24, 2.45) is 0 Å². The van der Waals surface area contributed by atoms with Gasteiger partial charge in [-0.25, -0.2) is 0 Å². The number of unbranched alkanes of at least 4 members (excludes halogenated alkanes) is 26. The number of hydrogen-bond acceptors (Lipinski definition) is 3. The number of nitrogens with zero attached hydrogens (tertiary/aromatic N) is 2. The predicted octanol–water partition coefficient (Wildman–Crippen LogP) is 43.6. The molecule has 1 heterocycles. The van der Waals surface area contributed by atoms with Crippen molar-refractivity contribution in [1.29, 1.82) is 0 Å². The van der Waals surface area contributed by atoms with E-state index >= 15 is 0 Å². The molecule has 0 radical (unpaired) electrons. The molecule has 16 aromatic carbocycles. The fourth-order valence-electron chi connectivity index (χ4n) is 27.9. The van der Waals surface area contributed by atoms with Gasteiger partial charge in [0.2, 0.25) is 0 Å². The first-order chi connectivity index (χ1) is 73.1. The standard InChI is InChI=1S/C52H52.C49H56N2S.C45H54/c1-5-7-9-15-29-51(30-16-10-8-6-2)47-31-35(3)21-25-41(47)42-27-23-37(33-48(42)51)38-24-28-44-43-26-22-36(4)32-49(43)52(50(44)34-38)45-19-13-11-17-39(45)40-18-12-14-20-46(40)52;1-5-7-9-11-13-15-31-49(32-16-14-12-10-8-6-2)45-33-36(4)19-27-43(45)44-28-26-40(34-46(44)49)37-22-24-39(25-23-37)42-30-29-41(47-48(42)51-52-50-47)38-20-17-35(3)18-21-38;1-5-7-9-11-13-19-29-45(30-20-14-12-10-8-6-2)42-31-33(3)25-27-38(42)39-28-26-35(32-43(39)45)44-40-23-17-15-21-36(40)34(4)37-22-16-18-24-41(37)44/h11-14,17-28,31-34H,5-10,15-16,29-30H2,1-4H3;17-30,33-34H,5-16,31-32H2,1-4H3;15-18,21-28,31-32H,5-14,19-20,29-30H2,1-4H3. The SMILES string of the molecule is CCCCCCC1(CCCCCC)c2cc(C)ccc2-c2ccc(-c3ccc4c(c3)C3(c5ccccc5-c5ccccc53)c3cc(C)ccc3-4)cc21.CCCCCCCCC1(CCCCCCCC)c2cc(C)ccc2-c2ccc(-c3c4ccccc4c(C)c4ccccc34)cc21.CCCCCCCCC1(CCCCCCCC)c2cc(C)ccc2-c2ccc(-c3ccc(-c4ccc(-c5ccc(C)cc5)c5nsnc45)cc3)cc21. The van der Waals surface area contributed by atoms with Crippen LogP contribution in [0.25, 0.3) is 144 Å². The molecule has 3 heteroatoms. The van der Waals surface area contributed by atoms with Gasteiger partial charge in [-0.2, -0.15) is 8.75 Å². The monoisotopic (exact) mass is 1980 g/mol. The third-order valence-corrected chi connectivity index (χ3v) is 36.2. The average Bonchev–Trinajstić information content (AvgIpc) is 1.50. The maximum atomic E-state index is 4.78. The highest BCUT2D eigenvalue weighted by molar-refractivity contribution is 7.00. The number of aromatic nitrogens is 2. The third kappa shape index (κ3) is 20.5. The van der Waals surface area contributed by atoms with Crippen LogP contribution in [0.2, 0.25) is 0 Å². The molecule has 762 valence electrons. The van der Waals surface area contributed by atoms with Gasteiger partial charge in [0.05, 0.1) is 17.1 Å². The first-order valence-electron chi connectivity index (χ1n) is 58.7. The Balaban J connectivity index is 0.000000136. The lowest BCUT2D eigenvalue weighted by molar-refractivity contribution is 0.398. The summed E-state index contributed by atoms with van der Waals surface area (Å²) in [5.74, 6) is 0. The maximum absolute atomic E-state index is 4.78. The minimum atomic E-state index is -0.327. The van der Waals surface area contributed by atoms with E-state index in [2.05, 4.69) is 386 Å². The molecular weight excluding hydrogens is 1810 g/mol. The Hall–Kier alpha value is -12.1. The molecule has 0 fully saturated rings. The molecule has 0 unspecified atom stereocenters. The van der Waals surface area contributed by atoms with Crippen molar-refractivity contribution in [2.45, 2.75) is 349 Å². The summed E-state index contributed by atoms with van der Waals surface area (Å²) >= 11 is 1.30. The zero-order valence-corrected chi connectivity index (χ0v) is 92.9. The van der Waals surface area contributed by atoms with Gasteiger partial charge in [-0.1, -0.05) is 554 Å².